The van der Waals surface area contributed by atoms with Crippen LogP contribution in [0, 0.1) is 0 Å². The Morgan fingerprint density at radius 1 is 1.46 bits per heavy atom. The summed E-state index contributed by atoms with van der Waals surface area (Å²) in [6.45, 7) is 1.61. The maximum atomic E-state index is 10.7. The fourth-order valence-corrected chi connectivity index (χ4v) is 1.80. The smallest absolute Gasteiger partial charge is 0.166 e. The average Bonchev–Trinajstić information content (AvgIpc) is 2.67. The Morgan fingerprint density at radius 3 is 2.92 bits per heavy atom. The highest BCUT2D eigenvalue weighted by Gasteiger charge is 2.16. The Bertz CT molecular complexity index is 287. The number of carbonyl (C=O) groups excluding carboxylic acids is 1. The molecule has 1 aromatic rings. The Kier molecular flexibility index (Phi) is 2.45. The van der Waals surface area contributed by atoms with Crippen LogP contribution in [0.15, 0.2) is 18.3 Å². The second-order valence-corrected chi connectivity index (χ2v) is 3.30. The Morgan fingerprint density at radius 2 is 2.23 bits per heavy atom. The van der Waals surface area contributed by atoms with Crippen molar-refractivity contribution in [1.82, 2.24) is 4.57 Å². The van der Waals surface area contributed by atoms with Gasteiger partial charge < -0.3 is 9.30 Å². The summed E-state index contributed by atoms with van der Waals surface area (Å²) in [6.07, 6.45) is 4.90. The van der Waals surface area contributed by atoms with Gasteiger partial charge >= 0.3 is 0 Å². The van der Waals surface area contributed by atoms with Gasteiger partial charge in [-0.05, 0) is 25.0 Å². The molecule has 13 heavy (non-hydrogen) atoms. The van der Waals surface area contributed by atoms with E-state index < -0.39 is 0 Å². The Labute approximate surface area is 77.3 Å². The SMILES string of the molecule is O=Cc1cccn1C1CCOCC1. The molecule has 1 aliphatic rings. The Balaban J connectivity index is 2.17. The van der Waals surface area contributed by atoms with Crippen LogP contribution < -0.4 is 0 Å². The topological polar surface area (TPSA) is 31.2 Å². The quantitative estimate of drug-likeness (QED) is 0.646. The van der Waals surface area contributed by atoms with Gasteiger partial charge in [-0.3, -0.25) is 4.79 Å². The molecular formula is C10H13NO2. The molecule has 0 amide bonds. The maximum Gasteiger partial charge on any atom is 0.166 e. The van der Waals surface area contributed by atoms with Gasteiger partial charge in [-0.15, -0.1) is 0 Å². The van der Waals surface area contributed by atoms with Crippen molar-refractivity contribution in [2.24, 2.45) is 0 Å². The molecule has 2 rings (SSSR count). The van der Waals surface area contributed by atoms with Crippen LogP contribution in [0.4, 0.5) is 0 Å². The van der Waals surface area contributed by atoms with Crippen LogP contribution in [0.1, 0.15) is 29.4 Å². The largest absolute Gasteiger partial charge is 0.381 e. The lowest BCUT2D eigenvalue weighted by molar-refractivity contribution is 0.0687. The molecule has 0 atom stereocenters. The van der Waals surface area contributed by atoms with Gasteiger partial charge in [0.2, 0.25) is 0 Å². The summed E-state index contributed by atoms with van der Waals surface area (Å²) in [7, 11) is 0. The van der Waals surface area contributed by atoms with Gasteiger partial charge in [0.15, 0.2) is 6.29 Å². The molecule has 0 N–H and O–H groups in total. The summed E-state index contributed by atoms with van der Waals surface area (Å²) in [5.41, 5.74) is 0.770. The van der Waals surface area contributed by atoms with Gasteiger partial charge in [-0.25, -0.2) is 0 Å². The third-order valence-electron chi connectivity index (χ3n) is 2.52. The summed E-state index contributed by atoms with van der Waals surface area (Å²) < 4.78 is 7.32. The molecule has 1 aliphatic heterocycles. The molecule has 1 aromatic heterocycles. The van der Waals surface area contributed by atoms with Gasteiger partial charge in [0.25, 0.3) is 0 Å². The summed E-state index contributed by atoms with van der Waals surface area (Å²) >= 11 is 0. The fraction of sp³-hybridized carbons (Fsp3) is 0.500. The second-order valence-electron chi connectivity index (χ2n) is 3.30. The molecule has 0 saturated carbocycles. The molecule has 0 spiro atoms. The number of hydrogen-bond acceptors (Lipinski definition) is 2. The van der Waals surface area contributed by atoms with Crippen LogP contribution in [0.25, 0.3) is 0 Å². The van der Waals surface area contributed by atoms with Crippen molar-refractivity contribution >= 4 is 6.29 Å². The molecule has 0 unspecified atom stereocenters. The zero-order chi connectivity index (χ0) is 9.10. The van der Waals surface area contributed by atoms with E-state index in [1.54, 1.807) is 0 Å². The lowest BCUT2D eigenvalue weighted by Gasteiger charge is -2.24. The highest BCUT2D eigenvalue weighted by Crippen LogP contribution is 2.22. The maximum absolute atomic E-state index is 10.7. The molecule has 0 aliphatic carbocycles. The summed E-state index contributed by atoms with van der Waals surface area (Å²) in [4.78, 5) is 10.7. The van der Waals surface area contributed by atoms with E-state index >= 15 is 0 Å². The van der Waals surface area contributed by atoms with Crippen molar-refractivity contribution in [2.75, 3.05) is 13.2 Å². The van der Waals surface area contributed by atoms with Gasteiger partial charge in [-0.1, -0.05) is 0 Å². The predicted octanol–water partition coefficient (Wildman–Crippen LogP) is 1.65. The minimum Gasteiger partial charge on any atom is -0.381 e. The van der Waals surface area contributed by atoms with Crippen molar-refractivity contribution in [2.45, 2.75) is 18.9 Å². The monoisotopic (exact) mass is 179 g/mol. The summed E-state index contributed by atoms with van der Waals surface area (Å²) in [5.74, 6) is 0. The van der Waals surface area contributed by atoms with Crippen molar-refractivity contribution in [3.05, 3.63) is 24.0 Å². The molecule has 0 bridgehead atoms. The van der Waals surface area contributed by atoms with E-state index in [1.165, 1.54) is 0 Å². The van der Waals surface area contributed by atoms with E-state index in [2.05, 4.69) is 4.57 Å². The first kappa shape index (κ1) is 8.51. The molecule has 1 saturated heterocycles. The van der Waals surface area contributed by atoms with Crippen molar-refractivity contribution in [1.29, 1.82) is 0 Å². The average molecular weight is 179 g/mol. The van der Waals surface area contributed by atoms with Gasteiger partial charge in [0.1, 0.15) is 0 Å². The van der Waals surface area contributed by atoms with Gasteiger partial charge in [0, 0.05) is 25.5 Å². The van der Waals surface area contributed by atoms with Crippen LogP contribution in [0.3, 0.4) is 0 Å². The number of ether oxygens (including phenoxy) is 1. The van der Waals surface area contributed by atoms with Gasteiger partial charge in [-0.2, -0.15) is 0 Å². The normalized spacial score (nSPS) is 18.8. The first-order chi connectivity index (χ1) is 6.42. The number of hydrogen-bond donors (Lipinski definition) is 0. The molecule has 0 radical (unpaired) electrons. The van der Waals surface area contributed by atoms with Crippen LogP contribution in [0.5, 0.6) is 0 Å². The van der Waals surface area contributed by atoms with E-state index in [-0.39, 0.29) is 0 Å². The van der Waals surface area contributed by atoms with E-state index in [9.17, 15) is 4.79 Å². The van der Waals surface area contributed by atoms with Crippen LogP contribution in [-0.4, -0.2) is 24.1 Å². The van der Waals surface area contributed by atoms with E-state index in [4.69, 9.17) is 4.74 Å². The molecule has 1 fully saturated rings. The minimum absolute atomic E-state index is 0.448. The first-order valence-corrected chi connectivity index (χ1v) is 4.61. The lowest BCUT2D eigenvalue weighted by Crippen LogP contribution is -2.20. The molecule has 70 valence electrons. The third-order valence-corrected chi connectivity index (χ3v) is 2.52. The van der Waals surface area contributed by atoms with Crippen molar-refractivity contribution in [3.8, 4) is 0 Å². The number of nitrogens with zero attached hydrogens (tertiary/aromatic N) is 1. The van der Waals surface area contributed by atoms with Gasteiger partial charge in [0.05, 0.1) is 5.69 Å². The standard InChI is InChI=1S/C10H13NO2/c12-8-10-2-1-5-11(10)9-3-6-13-7-4-9/h1-2,5,8-9H,3-4,6-7H2. The predicted molar refractivity (Wildman–Crippen MR) is 48.9 cm³/mol. The highest BCUT2D eigenvalue weighted by molar-refractivity contribution is 5.72. The summed E-state index contributed by atoms with van der Waals surface area (Å²) in [6, 6.07) is 4.21. The minimum atomic E-state index is 0.448. The molecule has 3 nitrogen and oxygen atoms in total. The third kappa shape index (κ3) is 1.65. The van der Waals surface area contributed by atoms with E-state index in [1.807, 2.05) is 18.3 Å². The molecule has 2 heterocycles. The summed E-state index contributed by atoms with van der Waals surface area (Å²) in [5, 5.41) is 0. The number of aromatic nitrogens is 1. The Hall–Kier alpha value is -1.09. The van der Waals surface area contributed by atoms with E-state index in [0.717, 1.165) is 38.0 Å². The highest BCUT2D eigenvalue weighted by atomic mass is 16.5. The second kappa shape index (κ2) is 3.75. The fourth-order valence-electron chi connectivity index (χ4n) is 1.80. The molecular weight excluding hydrogens is 166 g/mol. The number of rotatable bonds is 2. The van der Waals surface area contributed by atoms with Crippen LogP contribution in [-0.2, 0) is 4.74 Å². The number of carbonyl (C=O) groups is 1. The molecule has 3 heteroatoms. The molecule has 0 aromatic carbocycles. The number of aldehydes is 1. The first-order valence-electron chi connectivity index (χ1n) is 4.61. The van der Waals surface area contributed by atoms with Crippen LogP contribution in [0.2, 0.25) is 0 Å². The zero-order valence-electron chi connectivity index (χ0n) is 7.48. The van der Waals surface area contributed by atoms with E-state index in [0.29, 0.717) is 6.04 Å². The van der Waals surface area contributed by atoms with Crippen LogP contribution >= 0.6 is 0 Å². The lowest BCUT2D eigenvalue weighted by atomic mass is 10.1. The van der Waals surface area contributed by atoms with Crippen molar-refractivity contribution in [3.63, 3.8) is 0 Å². The zero-order valence-corrected chi connectivity index (χ0v) is 7.48. The van der Waals surface area contributed by atoms with Crippen molar-refractivity contribution < 1.29 is 9.53 Å².